The average molecular weight is 262 g/mol. The zero-order valence-electron chi connectivity index (χ0n) is 11.6. The van der Waals surface area contributed by atoms with Crippen LogP contribution >= 0.6 is 0 Å². The molecule has 0 saturated heterocycles. The van der Waals surface area contributed by atoms with Crippen molar-refractivity contribution in [2.75, 3.05) is 11.4 Å². The smallest absolute Gasteiger partial charge is 0.171 e. The number of rotatable bonds is 6. The Hall–Kier alpha value is -1.78. The van der Waals surface area contributed by atoms with Crippen LogP contribution in [0.15, 0.2) is 23.5 Å². The largest absolute Gasteiger partial charge is 0.409 e. The van der Waals surface area contributed by atoms with E-state index in [2.05, 4.69) is 28.9 Å². The quantitative estimate of drug-likeness (QED) is 0.357. The van der Waals surface area contributed by atoms with Crippen molar-refractivity contribution in [1.82, 2.24) is 4.98 Å². The van der Waals surface area contributed by atoms with Gasteiger partial charge in [0.1, 0.15) is 5.82 Å². The number of nitrogens with two attached hydrogens (primary N) is 1. The highest BCUT2D eigenvalue weighted by Crippen LogP contribution is 2.31. The van der Waals surface area contributed by atoms with E-state index in [1.54, 1.807) is 6.20 Å². The van der Waals surface area contributed by atoms with Crippen molar-refractivity contribution in [3.63, 3.8) is 0 Å². The van der Waals surface area contributed by atoms with Crippen LogP contribution < -0.4 is 10.6 Å². The van der Waals surface area contributed by atoms with Gasteiger partial charge in [-0.25, -0.2) is 4.98 Å². The molecule has 3 N–H and O–H groups in total. The summed E-state index contributed by atoms with van der Waals surface area (Å²) in [5.41, 5.74) is 6.18. The third-order valence-electron chi connectivity index (χ3n) is 3.38. The second kappa shape index (κ2) is 5.91. The van der Waals surface area contributed by atoms with Crippen molar-refractivity contribution in [2.24, 2.45) is 16.8 Å². The van der Waals surface area contributed by atoms with Crippen LogP contribution in [-0.4, -0.2) is 28.6 Å². The fourth-order valence-electron chi connectivity index (χ4n) is 2.03. The minimum atomic E-state index is 0.0965. The molecule has 1 fully saturated rings. The first-order chi connectivity index (χ1) is 9.11. The van der Waals surface area contributed by atoms with Gasteiger partial charge in [0, 0.05) is 24.3 Å². The van der Waals surface area contributed by atoms with E-state index in [0.717, 1.165) is 12.4 Å². The maximum atomic E-state index is 8.63. The van der Waals surface area contributed by atoms with Gasteiger partial charge in [0.2, 0.25) is 0 Å². The molecule has 19 heavy (non-hydrogen) atoms. The Morgan fingerprint density at radius 2 is 2.26 bits per heavy atom. The number of nitrogens with zero attached hydrogens (tertiary/aromatic N) is 3. The Morgan fingerprint density at radius 3 is 2.74 bits per heavy atom. The van der Waals surface area contributed by atoms with Gasteiger partial charge in [-0.1, -0.05) is 19.0 Å². The zero-order chi connectivity index (χ0) is 13.8. The Morgan fingerprint density at radius 1 is 1.53 bits per heavy atom. The van der Waals surface area contributed by atoms with E-state index in [1.807, 2.05) is 12.1 Å². The maximum absolute atomic E-state index is 8.63. The van der Waals surface area contributed by atoms with E-state index >= 15 is 0 Å². The lowest BCUT2D eigenvalue weighted by Crippen LogP contribution is -2.28. The molecular formula is C14H22N4O. The molecule has 0 atom stereocenters. The lowest BCUT2D eigenvalue weighted by Gasteiger charge is -2.24. The Labute approximate surface area is 114 Å². The fraction of sp³-hybridized carbons (Fsp3) is 0.571. The molecule has 1 aromatic rings. The van der Waals surface area contributed by atoms with Crippen molar-refractivity contribution in [3.05, 3.63) is 23.9 Å². The van der Waals surface area contributed by atoms with Gasteiger partial charge in [-0.15, -0.1) is 0 Å². The number of oxime groups is 1. The van der Waals surface area contributed by atoms with Gasteiger partial charge in [0.15, 0.2) is 5.84 Å². The van der Waals surface area contributed by atoms with Crippen LogP contribution in [0, 0.1) is 5.92 Å². The van der Waals surface area contributed by atoms with E-state index < -0.39 is 0 Å². The normalized spacial score (nSPS) is 15.8. The summed E-state index contributed by atoms with van der Waals surface area (Å²) in [6.45, 7) is 5.51. The van der Waals surface area contributed by atoms with Crippen LogP contribution in [0.4, 0.5) is 5.82 Å². The highest BCUT2D eigenvalue weighted by atomic mass is 16.4. The highest BCUT2D eigenvalue weighted by Gasteiger charge is 2.29. The molecule has 1 aromatic heterocycles. The van der Waals surface area contributed by atoms with Crippen molar-refractivity contribution in [1.29, 1.82) is 0 Å². The van der Waals surface area contributed by atoms with Crippen molar-refractivity contribution in [3.8, 4) is 0 Å². The molecule has 1 saturated carbocycles. The van der Waals surface area contributed by atoms with Gasteiger partial charge >= 0.3 is 0 Å². The number of anilines is 1. The van der Waals surface area contributed by atoms with Crippen LogP contribution in [0.3, 0.4) is 0 Å². The zero-order valence-corrected chi connectivity index (χ0v) is 11.6. The molecule has 0 unspecified atom stereocenters. The van der Waals surface area contributed by atoms with Crippen LogP contribution in [0.1, 0.15) is 38.7 Å². The summed E-state index contributed by atoms with van der Waals surface area (Å²) in [6.07, 6.45) is 5.33. The van der Waals surface area contributed by atoms with E-state index in [-0.39, 0.29) is 5.84 Å². The van der Waals surface area contributed by atoms with Crippen LogP contribution in [0.25, 0.3) is 0 Å². The lowest BCUT2D eigenvalue weighted by atomic mass is 10.1. The van der Waals surface area contributed by atoms with Gasteiger partial charge in [-0.3, -0.25) is 0 Å². The molecule has 0 aliphatic heterocycles. The molecule has 5 nitrogen and oxygen atoms in total. The molecule has 0 spiro atoms. The third kappa shape index (κ3) is 3.59. The SMILES string of the molecule is CC(C)CCN(c1ccc(/C(N)=N/O)cn1)C1CC1. The molecule has 0 amide bonds. The summed E-state index contributed by atoms with van der Waals surface area (Å²) >= 11 is 0. The number of amidine groups is 1. The Kier molecular flexibility index (Phi) is 4.24. The molecule has 0 aromatic carbocycles. The summed E-state index contributed by atoms with van der Waals surface area (Å²) in [5.74, 6) is 1.77. The predicted octanol–water partition coefficient (Wildman–Crippen LogP) is 2.19. The number of pyridine rings is 1. The van der Waals surface area contributed by atoms with E-state index in [9.17, 15) is 0 Å². The Balaban J connectivity index is 2.09. The van der Waals surface area contributed by atoms with E-state index in [1.165, 1.54) is 19.3 Å². The van der Waals surface area contributed by atoms with E-state index in [0.29, 0.717) is 17.5 Å². The van der Waals surface area contributed by atoms with Gasteiger partial charge in [0.25, 0.3) is 0 Å². The monoisotopic (exact) mass is 262 g/mol. The highest BCUT2D eigenvalue weighted by molar-refractivity contribution is 5.96. The minimum absolute atomic E-state index is 0.0965. The molecule has 1 aliphatic rings. The summed E-state index contributed by atoms with van der Waals surface area (Å²) in [7, 11) is 0. The summed E-state index contributed by atoms with van der Waals surface area (Å²) < 4.78 is 0. The molecule has 0 bridgehead atoms. The second-order valence-electron chi connectivity index (χ2n) is 5.50. The van der Waals surface area contributed by atoms with Crippen LogP contribution in [-0.2, 0) is 0 Å². The first kappa shape index (κ1) is 13.6. The molecule has 1 aliphatic carbocycles. The summed E-state index contributed by atoms with van der Waals surface area (Å²) in [5, 5.41) is 11.6. The number of aromatic nitrogens is 1. The number of hydrogen-bond donors (Lipinski definition) is 2. The molecule has 5 heteroatoms. The molecule has 1 heterocycles. The molecule has 104 valence electrons. The number of hydrogen-bond acceptors (Lipinski definition) is 4. The fourth-order valence-corrected chi connectivity index (χ4v) is 2.03. The van der Waals surface area contributed by atoms with Crippen molar-refractivity contribution < 1.29 is 5.21 Å². The maximum Gasteiger partial charge on any atom is 0.171 e. The average Bonchev–Trinajstić information content (AvgIpc) is 3.23. The molecular weight excluding hydrogens is 240 g/mol. The molecule has 2 rings (SSSR count). The molecule has 0 radical (unpaired) electrons. The van der Waals surface area contributed by atoms with Gasteiger partial charge in [-0.2, -0.15) is 0 Å². The lowest BCUT2D eigenvalue weighted by molar-refractivity contribution is 0.318. The van der Waals surface area contributed by atoms with E-state index in [4.69, 9.17) is 10.9 Å². The minimum Gasteiger partial charge on any atom is -0.409 e. The van der Waals surface area contributed by atoms with Crippen LogP contribution in [0.5, 0.6) is 0 Å². The predicted molar refractivity (Wildman–Crippen MR) is 76.6 cm³/mol. The van der Waals surface area contributed by atoms with Crippen LogP contribution in [0.2, 0.25) is 0 Å². The van der Waals surface area contributed by atoms with Gasteiger partial charge in [-0.05, 0) is 37.3 Å². The summed E-state index contributed by atoms with van der Waals surface area (Å²) in [4.78, 5) is 6.81. The van der Waals surface area contributed by atoms with Crippen molar-refractivity contribution >= 4 is 11.7 Å². The summed E-state index contributed by atoms with van der Waals surface area (Å²) in [6, 6.07) is 4.44. The second-order valence-corrected chi connectivity index (χ2v) is 5.50. The van der Waals surface area contributed by atoms with Crippen molar-refractivity contribution in [2.45, 2.75) is 39.2 Å². The Bertz CT molecular complexity index is 437. The third-order valence-corrected chi connectivity index (χ3v) is 3.38. The van der Waals surface area contributed by atoms with Gasteiger partial charge < -0.3 is 15.8 Å². The standard InChI is InChI=1S/C14H22N4O/c1-10(2)7-8-18(12-4-5-12)13-6-3-11(9-16-13)14(15)17-19/h3,6,9-10,12,19H,4-5,7-8H2,1-2H3,(H2,15,17). The topological polar surface area (TPSA) is 74.7 Å². The van der Waals surface area contributed by atoms with Gasteiger partial charge in [0.05, 0.1) is 0 Å². The first-order valence-electron chi connectivity index (χ1n) is 6.82. The first-order valence-corrected chi connectivity index (χ1v) is 6.82.